The first-order valence-corrected chi connectivity index (χ1v) is 5.05. The summed E-state index contributed by atoms with van der Waals surface area (Å²) in [6.45, 7) is 5.54. The lowest BCUT2D eigenvalue weighted by Crippen LogP contribution is -2.15. The zero-order chi connectivity index (χ0) is 11.2. The third-order valence-electron chi connectivity index (χ3n) is 2.81. The van der Waals surface area contributed by atoms with Gasteiger partial charge in [0, 0.05) is 7.05 Å². The predicted molar refractivity (Wildman–Crippen MR) is 60.7 cm³/mol. The number of aliphatic hydroxyl groups is 1. The third kappa shape index (κ3) is 1.63. The van der Waals surface area contributed by atoms with Crippen molar-refractivity contribution in [1.82, 2.24) is 9.55 Å². The smallest absolute Gasteiger partial charge is 0.106 e. The molecule has 1 N–H and O–H groups in total. The molecule has 0 saturated heterocycles. The van der Waals surface area contributed by atoms with E-state index in [4.69, 9.17) is 0 Å². The van der Waals surface area contributed by atoms with Crippen molar-refractivity contribution in [2.45, 2.75) is 26.4 Å². The molecule has 0 radical (unpaired) electrons. The second-order valence-electron chi connectivity index (χ2n) is 4.48. The van der Waals surface area contributed by atoms with Crippen LogP contribution in [0, 0.1) is 6.92 Å². The average Bonchev–Trinajstić information content (AvgIpc) is 2.41. The van der Waals surface area contributed by atoms with Crippen LogP contribution in [-0.2, 0) is 12.6 Å². The van der Waals surface area contributed by atoms with Crippen LogP contribution in [-0.4, -0.2) is 14.7 Å². The number of benzene rings is 1. The van der Waals surface area contributed by atoms with Crippen LogP contribution in [0.15, 0.2) is 18.2 Å². The number of rotatable bonds is 1. The Labute approximate surface area is 89.4 Å². The quantitative estimate of drug-likeness (QED) is 0.772. The van der Waals surface area contributed by atoms with Crippen molar-refractivity contribution < 1.29 is 5.11 Å². The van der Waals surface area contributed by atoms with E-state index in [0.717, 1.165) is 22.4 Å². The van der Waals surface area contributed by atoms with Gasteiger partial charge in [-0.05, 0) is 38.5 Å². The summed E-state index contributed by atoms with van der Waals surface area (Å²) in [5.74, 6) is 0.984. The van der Waals surface area contributed by atoms with Crippen molar-refractivity contribution >= 4 is 11.0 Å². The summed E-state index contributed by atoms with van der Waals surface area (Å²) in [5.41, 5.74) is 2.13. The van der Waals surface area contributed by atoms with Gasteiger partial charge < -0.3 is 9.67 Å². The van der Waals surface area contributed by atoms with E-state index in [2.05, 4.69) is 4.98 Å². The van der Waals surface area contributed by atoms with Gasteiger partial charge in [-0.3, -0.25) is 0 Å². The highest BCUT2D eigenvalue weighted by Crippen LogP contribution is 2.24. The van der Waals surface area contributed by atoms with Gasteiger partial charge in [-0.2, -0.15) is 0 Å². The van der Waals surface area contributed by atoms with E-state index in [-0.39, 0.29) is 0 Å². The third-order valence-corrected chi connectivity index (χ3v) is 2.81. The molecule has 3 nitrogen and oxygen atoms in total. The molecule has 15 heavy (non-hydrogen) atoms. The molecule has 1 aromatic carbocycles. The van der Waals surface area contributed by atoms with Gasteiger partial charge in [0.2, 0.25) is 0 Å². The standard InChI is InChI=1S/C12H16N2O/c1-8-13-10-7-9(12(2,3)15)5-6-11(10)14(8)4/h5-7,15H,1-4H3. The summed E-state index contributed by atoms with van der Waals surface area (Å²) in [5, 5.41) is 9.89. The molecule has 0 amide bonds. The van der Waals surface area contributed by atoms with Gasteiger partial charge in [-0.1, -0.05) is 6.07 Å². The van der Waals surface area contributed by atoms with Gasteiger partial charge in [0.1, 0.15) is 5.82 Å². The van der Waals surface area contributed by atoms with Crippen molar-refractivity contribution in [2.24, 2.45) is 7.05 Å². The van der Waals surface area contributed by atoms with E-state index in [1.54, 1.807) is 13.8 Å². The van der Waals surface area contributed by atoms with E-state index < -0.39 is 5.60 Å². The van der Waals surface area contributed by atoms with Gasteiger partial charge in [0.05, 0.1) is 16.6 Å². The number of nitrogens with zero attached hydrogens (tertiary/aromatic N) is 2. The highest BCUT2D eigenvalue weighted by molar-refractivity contribution is 5.77. The first-order chi connectivity index (χ1) is 6.89. The Balaban J connectivity index is 2.67. The number of hydrogen-bond donors (Lipinski definition) is 1. The molecule has 0 spiro atoms. The molecule has 0 aliphatic rings. The number of aromatic nitrogens is 2. The SMILES string of the molecule is Cc1nc2cc(C(C)(C)O)ccc2n1C. The Bertz CT molecular complexity index is 506. The molecule has 0 aliphatic heterocycles. The summed E-state index contributed by atoms with van der Waals surface area (Å²) < 4.78 is 2.05. The normalized spacial score (nSPS) is 12.3. The van der Waals surface area contributed by atoms with Crippen molar-refractivity contribution in [3.63, 3.8) is 0 Å². The molecular formula is C12H16N2O. The van der Waals surface area contributed by atoms with E-state index in [1.807, 2.05) is 36.7 Å². The van der Waals surface area contributed by atoms with Crippen LogP contribution in [0.5, 0.6) is 0 Å². The van der Waals surface area contributed by atoms with Gasteiger partial charge in [-0.25, -0.2) is 4.98 Å². The minimum Gasteiger partial charge on any atom is -0.386 e. The topological polar surface area (TPSA) is 38.1 Å². The molecule has 1 aromatic heterocycles. The minimum atomic E-state index is -0.806. The Morgan fingerprint density at radius 1 is 1.33 bits per heavy atom. The zero-order valence-electron chi connectivity index (χ0n) is 9.57. The van der Waals surface area contributed by atoms with E-state index >= 15 is 0 Å². The molecule has 0 unspecified atom stereocenters. The molecule has 0 aliphatic carbocycles. The summed E-state index contributed by atoms with van der Waals surface area (Å²) in [4.78, 5) is 4.44. The van der Waals surface area contributed by atoms with Gasteiger partial charge >= 0.3 is 0 Å². The molecule has 0 atom stereocenters. The maximum Gasteiger partial charge on any atom is 0.106 e. The van der Waals surface area contributed by atoms with Crippen molar-refractivity contribution in [1.29, 1.82) is 0 Å². The number of imidazole rings is 1. The first kappa shape index (κ1) is 10.2. The lowest BCUT2D eigenvalue weighted by Gasteiger charge is -2.17. The van der Waals surface area contributed by atoms with Gasteiger partial charge in [0.15, 0.2) is 0 Å². The summed E-state index contributed by atoms with van der Waals surface area (Å²) in [6.07, 6.45) is 0. The summed E-state index contributed by atoms with van der Waals surface area (Å²) >= 11 is 0. The molecule has 2 rings (SSSR count). The van der Waals surface area contributed by atoms with Gasteiger partial charge in [-0.15, -0.1) is 0 Å². The van der Waals surface area contributed by atoms with Crippen molar-refractivity contribution in [3.05, 3.63) is 29.6 Å². The Kier molecular flexibility index (Phi) is 2.08. The number of aryl methyl sites for hydroxylation is 2. The molecule has 0 fully saturated rings. The Hall–Kier alpha value is -1.35. The van der Waals surface area contributed by atoms with Crippen LogP contribution in [0.25, 0.3) is 11.0 Å². The van der Waals surface area contributed by atoms with Crippen molar-refractivity contribution in [3.8, 4) is 0 Å². The molecule has 0 saturated carbocycles. The summed E-state index contributed by atoms with van der Waals surface area (Å²) in [7, 11) is 1.99. The monoisotopic (exact) mass is 204 g/mol. The van der Waals surface area contributed by atoms with Crippen LogP contribution < -0.4 is 0 Å². The number of hydrogen-bond acceptors (Lipinski definition) is 2. The van der Waals surface area contributed by atoms with E-state index in [0.29, 0.717) is 0 Å². The molecule has 80 valence electrons. The first-order valence-electron chi connectivity index (χ1n) is 5.05. The van der Waals surface area contributed by atoms with E-state index in [9.17, 15) is 5.11 Å². The maximum absolute atomic E-state index is 9.89. The fourth-order valence-corrected chi connectivity index (χ4v) is 1.70. The van der Waals surface area contributed by atoms with Gasteiger partial charge in [0.25, 0.3) is 0 Å². The molecule has 0 bridgehead atoms. The summed E-state index contributed by atoms with van der Waals surface area (Å²) in [6, 6.07) is 5.90. The average molecular weight is 204 g/mol. The Morgan fingerprint density at radius 2 is 2.00 bits per heavy atom. The van der Waals surface area contributed by atoms with Crippen LogP contribution in [0.4, 0.5) is 0 Å². The highest BCUT2D eigenvalue weighted by atomic mass is 16.3. The molecule has 1 heterocycles. The second kappa shape index (κ2) is 3.07. The fourth-order valence-electron chi connectivity index (χ4n) is 1.70. The predicted octanol–water partition coefficient (Wildman–Crippen LogP) is 2.11. The minimum absolute atomic E-state index is 0.806. The Morgan fingerprint density at radius 3 is 2.60 bits per heavy atom. The van der Waals surface area contributed by atoms with Crippen LogP contribution in [0.3, 0.4) is 0 Å². The lowest BCUT2D eigenvalue weighted by molar-refractivity contribution is 0.0787. The number of fused-ring (bicyclic) bond motifs is 1. The fraction of sp³-hybridized carbons (Fsp3) is 0.417. The largest absolute Gasteiger partial charge is 0.386 e. The highest BCUT2D eigenvalue weighted by Gasteiger charge is 2.17. The van der Waals surface area contributed by atoms with E-state index in [1.165, 1.54) is 0 Å². The lowest BCUT2D eigenvalue weighted by atomic mass is 9.98. The van der Waals surface area contributed by atoms with Crippen LogP contribution in [0.2, 0.25) is 0 Å². The molecule has 3 heteroatoms. The second-order valence-corrected chi connectivity index (χ2v) is 4.48. The van der Waals surface area contributed by atoms with Crippen LogP contribution in [0.1, 0.15) is 25.2 Å². The van der Waals surface area contributed by atoms with Crippen molar-refractivity contribution in [2.75, 3.05) is 0 Å². The zero-order valence-corrected chi connectivity index (χ0v) is 9.57. The molecular weight excluding hydrogens is 188 g/mol. The van der Waals surface area contributed by atoms with Crippen LogP contribution >= 0.6 is 0 Å². The maximum atomic E-state index is 9.89. The molecule has 2 aromatic rings.